The zero-order chi connectivity index (χ0) is 19.7. The second-order valence-electron chi connectivity index (χ2n) is 7.97. The summed E-state index contributed by atoms with van der Waals surface area (Å²) in [6.07, 6.45) is 4.51. The van der Waals surface area contributed by atoms with Crippen LogP contribution in [-0.4, -0.2) is 53.2 Å². The average Bonchev–Trinajstić information content (AvgIpc) is 3.27. The van der Waals surface area contributed by atoms with Crippen LogP contribution in [0.25, 0.3) is 0 Å². The predicted octanol–water partition coefficient (Wildman–Crippen LogP) is 2.27. The number of carbonyl (C=O) groups excluding carboxylic acids is 2. The van der Waals surface area contributed by atoms with Crippen molar-refractivity contribution < 1.29 is 23.1 Å². The number of carbonyl (C=O) groups is 2. The molecular formula is C18H26F2N4O3. The molecule has 1 aliphatic heterocycles. The monoisotopic (exact) mass is 384 g/mol. The Hall–Kier alpha value is -1.95. The highest BCUT2D eigenvalue weighted by atomic mass is 19.3. The molecule has 3 aliphatic rings. The number of amides is 3. The van der Waals surface area contributed by atoms with Crippen molar-refractivity contribution in [2.45, 2.75) is 81.5 Å². The molecule has 1 saturated heterocycles. The van der Waals surface area contributed by atoms with Crippen LogP contribution in [-0.2, 0) is 9.53 Å². The lowest BCUT2D eigenvalue weighted by Crippen LogP contribution is -2.58. The largest absolute Gasteiger partial charge is 0.354 e. The fourth-order valence-electron chi connectivity index (χ4n) is 3.92. The van der Waals surface area contributed by atoms with Crippen molar-refractivity contribution in [3.05, 3.63) is 0 Å². The molecule has 0 aromatic heterocycles. The first-order chi connectivity index (χ1) is 12.7. The zero-order valence-electron chi connectivity index (χ0n) is 15.5. The number of rotatable bonds is 5. The first kappa shape index (κ1) is 19.8. The van der Waals surface area contributed by atoms with Crippen molar-refractivity contribution in [2.24, 2.45) is 0 Å². The van der Waals surface area contributed by atoms with Crippen LogP contribution in [0.5, 0.6) is 0 Å². The molecule has 3 amide bonds. The number of ether oxygens (including phenoxy) is 1. The molecule has 0 aromatic rings. The van der Waals surface area contributed by atoms with E-state index in [1.807, 2.05) is 6.07 Å². The van der Waals surface area contributed by atoms with Gasteiger partial charge in [-0.2, -0.15) is 5.26 Å². The molecule has 0 aromatic carbocycles. The Balaban J connectivity index is 1.70. The van der Waals surface area contributed by atoms with E-state index in [1.54, 1.807) is 0 Å². The number of nitrogens with zero attached hydrogens (tertiary/aromatic N) is 2. The maximum absolute atomic E-state index is 13.6. The normalized spacial score (nSPS) is 24.1. The van der Waals surface area contributed by atoms with Crippen molar-refractivity contribution in [1.82, 2.24) is 15.5 Å². The zero-order valence-corrected chi connectivity index (χ0v) is 15.5. The molecular weight excluding hydrogens is 358 g/mol. The van der Waals surface area contributed by atoms with Crippen molar-refractivity contribution >= 4 is 11.9 Å². The highest BCUT2D eigenvalue weighted by Gasteiger charge is 2.48. The molecule has 150 valence electrons. The number of halogens is 2. The minimum atomic E-state index is -3.14. The first-order valence-electron chi connectivity index (χ1n) is 9.52. The second kappa shape index (κ2) is 7.23. The van der Waals surface area contributed by atoms with E-state index in [4.69, 9.17) is 10.00 Å². The van der Waals surface area contributed by atoms with E-state index < -0.39 is 41.6 Å². The van der Waals surface area contributed by atoms with Crippen LogP contribution in [0.2, 0.25) is 0 Å². The van der Waals surface area contributed by atoms with E-state index in [-0.39, 0.29) is 0 Å². The lowest BCUT2D eigenvalue weighted by molar-refractivity contribution is -0.126. The number of alkyl halides is 2. The molecule has 2 saturated carbocycles. The van der Waals surface area contributed by atoms with Gasteiger partial charge in [0.05, 0.1) is 12.7 Å². The Bertz CT molecular complexity index is 633. The SMILES string of the molecule is CC(F)(F)CC(NC(=O)N1CCOC12CCCCC2)C(=O)NC1(C#N)CC1. The van der Waals surface area contributed by atoms with E-state index in [0.717, 1.165) is 19.3 Å². The topological polar surface area (TPSA) is 94.5 Å². The molecule has 2 aliphatic carbocycles. The fraction of sp³-hybridized carbons (Fsp3) is 0.833. The van der Waals surface area contributed by atoms with E-state index >= 15 is 0 Å². The van der Waals surface area contributed by atoms with E-state index in [0.29, 0.717) is 45.8 Å². The summed E-state index contributed by atoms with van der Waals surface area (Å²) in [5.41, 5.74) is -1.67. The smallest absolute Gasteiger partial charge is 0.320 e. The van der Waals surface area contributed by atoms with Gasteiger partial charge in [0.15, 0.2) is 0 Å². The van der Waals surface area contributed by atoms with Gasteiger partial charge in [-0.3, -0.25) is 9.69 Å². The summed E-state index contributed by atoms with van der Waals surface area (Å²) in [6, 6.07) is 0.0121. The first-order valence-corrected chi connectivity index (χ1v) is 9.52. The maximum Gasteiger partial charge on any atom is 0.320 e. The number of urea groups is 1. The highest BCUT2D eigenvalue weighted by Crippen LogP contribution is 2.38. The summed E-state index contributed by atoms with van der Waals surface area (Å²) in [5, 5.41) is 14.1. The Kier molecular flexibility index (Phi) is 5.30. The van der Waals surface area contributed by atoms with Crippen LogP contribution >= 0.6 is 0 Å². The van der Waals surface area contributed by atoms with Crippen LogP contribution in [0.15, 0.2) is 0 Å². The minimum Gasteiger partial charge on any atom is -0.354 e. The highest BCUT2D eigenvalue weighted by molar-refractivity contribution is 5.88. The molecule has 2 N–H and O–H groups in total. The third-order valence-corrected chi connectivity index (χ3v) is 5.56. The number of hydrogen-bond donors (Lipinski definition) is 2. The van der Waals surface area contributed by atoms with E-state index in [2.05, 4.69) is 10.6 Å². The van der Waals surface area contributed by atoms with Crippen LogP contribution in [0.1, 0.15) is 58.3 Å². The van der Waals surface area contributed by atoms with Gasteiger partial charge in [-0.25, -0.2) is 13.6 Å². The second-order valence-corrected chi connectivity index (χ2v) is 7.97. The molecule has 27 heavy (non-hydrogen) atoms. The molecule has 7 nitrogen and oxygen atoms in total. The van der Waals surface area contributed by atoms with Crippen molar-refractivity contribution in [3.63, 3.8) is 0 Å². The van der Waals surface area contributed by atoms with Crippen molar-refractivity contribution in [3.8, 4) is 6.07 Å². The number of nitrogens with one attached hydrogen (secondary N) is 2. The number of nitriles is 1. The standard InChI is InChI=1S/C18H26F2N4O3/c1-16(19,20)11-13(14(25)23-17(12-21)7-8-17)22-15(26)24-9-10-27-18(24)5-3-2-4-6-18/h13H,2-11H2,1H3,(H,22,26)(H,23,25). The number of hydrogen-bond acceptors (Lipinski definition) is 4. The van der Waals surface area contributed by atoms with Crippen LogP contribution < -0.4 is 10.6 Å². The van der Waals surface area contributed by atoms with Crippen LogP contribution in [0.3, 0.4) is 0 Å². The maximum atomic E-state index is 13.6. The van der Waals surface area contributed by atoms with E-state index in [9.17, 15) is 18.4 Å². The summed E-state index contributed by atoms with van der Waals surface area (Å²) in [7, 11) is 0. The van der Waals surface area contributed by atoms with Gasteiger partial charge in [0.1, 0.15) is 17.3 Å². The summed E-state index contributed by atoms with van der Waals surface area (Å²) >= 11 is 0. The Labute approximate surface area is 157 Å². The summed E-state index contributed by atoms with van der Waals surface area (Å²) in [4.78, 5) is 26.8. The summed E-state index contributed by atoms with van der Waals surface area (Å²) in [5.74, 6) is -3.88. The average molecular weight is 384 g/mol. The lowest BCUT2D eigenvalue weighted by Gasteiger charge is -2.40. The quantitative estimate of drug-likeness (QED) is 0.760. The van der Waals surface area contributed by atoms with Gasteiger partial charge in [-0.1, -0.05) is 6.42 Å². The van der Waals surface area contributed by atoms with Crippen molar-refractivity contribution in [1.29, 1.82) is 5.26 Å². The van der Waals surface area contributed by atoms with Crippen molar-refractivity contribution in [2.75, 3.05) is 13.2 Å². The van der Waals surface area contributed by atoms with Crippen LogP contribution in [0.4, 0.5) is 13.6 Å². The molecule has 1 atom stereocenters. The molecule has 3 rings (SSSR count). The molecule has 0 radical (unpaired) electrons. The molecule has 1 spiro atoms. The minimum absolute atomic E-state index is 0.366. The Morgan fingerprint density at radius 1 is 1.26 bits per heavy atom. The van der Waals surface area contributed by atoms with Gasteiger partial charge in [0.25, 0.3) is 0 Å². The van der Waals surface area contributed by atoms with Gasteiger partial charge in [0, 0.05) is 13.0 Å². The predicted molar refractivity (Wildman–Crippen MR) is 91.8 cm³/mol. The molecule has 9 heteroatoms. The summed E-state index contributed by atoms with van der Waals surface area (Å²) in [6.45, 7) is 1.47. The Morgan fingerprint density at radius 2 is 1.93 bits per heavy atom. The van der Waals surface area contributed by atoms with Gasteiger partial charge in [-0.15, -0.1) is 0 Å². The molecule has 1 unspecified atom stereocenters. The van der Waals surface area contributed by atoms with Crippen LogP contribution in [0, 0.1) is 11.3 Å². The molecule has 0 bridgehead atoms. The third-order valence-electron chi connectivity index (χ3n) is 5.56. The third kappa shape index (κ3) is 4.49. The van der Waals surface area contributed by atoms with Gasteiger partial charge in [0.2, 0.25) is 11.8 Å². The summed E-state index contributed by atoms with van der Waals surface area (Å²) < 4.78 is 33.0. The Morgan fingerprint density at radius 3 is 2.48 bits per heavy atom. The fourth-order valence-corrected chi connectivity index (χ4v) is 3.92. The molecule has 3 fully saturated rings. The van der Waals surface area contributed by atoms with Gasteiger partial charge >= 0.3 is 6.03 Å². The molecule has 1 heterocycles. The lowest BCUT2D eigenvalue weighted by atomic mass is 9.91. The van der Waals surface area contributed by atoms with E-state index in [1.165, 1.54) is 4.90 Å². The van der Waals surface area contributed by atoms with Gasteiger partial charge < -0.3 is 15.4 Å². The van der Waals surface area contributed by atoms with Gasteiger partial charge in [-0.05, 0) is 45.4 Å².